The molecule has 1 aliphatic rings. The summed E-state index contributed by atoms with van der Waals surface area (Å²) in [4.78, 5) is 26.9. The summed E-state index contributed by atoms with van der Waals surface area (Å²) in [5.41, 5.74) is 0.952. The summed E-state index contributed by atoms with van der Waals surface area (Å²) in [5.74, 6) is 0.756. The zero-order chi connectivity index (χ0) is 19.5. The number of fused-ring (bicyclic) bond motifs is 1. The number of benzene rings is 1. The fourth-order valence-electron chi connectivity index (χ4n) is 3.66. The first-order valence-electron chi connectivity index (χ1n) is 9.42. The van der Waals surface area contributed by atoms with E-state index in [4.69, 9.17) is 16.0 Å². The van der Waals surface area contributed by atoms with Crippen LogP contribution in [0.1, 0.15) is 18.6 Å². The predicted octanol–water partition coefficient (Wildman–Crippen LogP) is 3.44. The molecule has 6 nitrogen and oxygen atoms in total. The van der Waals surface area contributed by atoms with E-state index in [0.717, 1.165) is 16.7 Å². The van der Waals surface area contributed by atoms with E-state index in [1.54, 1.807) is 12.3 Å². The first kappa shape index (κ1) is 18.6. The molecule has 1 saturated heterocycles. The number of nitrogens with zero attached hydrogens (tertiary/aromatic N) is 2. The average Bonchev–Trinajstić information content (AvgIpc) is 3.36. The molecule has 28 heavy (non-hydrogen) atoms. The van der Waals surface area contributed by atoms with Crippen LogP contribution in [0.3, 0.4) is 0 Å². The van der Waals surface area contributed by atoms with Gasteiger partial charge in [0, 0.05) is 35.7 Å². The van der Waals surface area contributed by atoms with Gasteiger partial charge in [0.15, 0.2) is 0 Å². The Morgan fingerprint density at radius 2 is 2.00 bits per heavy atom. The van der Waals surface area contributed by atoms with Gasteiger partial charge in [-0.05, 0) is 48.6 Å². The second-order valence-corrected chi connectivity index (χ2v) is 7.54. The lowest BCUT2D eigenvalue weighted by molar-refractivity contribution is -0.136. The minimum absolute atomic E-state index is 0.0227. The molecule has 0 unspecified atom stereocenters. The van der Waals surface area contributed by atoms with Gasteiger partial charge >= 0.3 is 0 Å². The van der Waals surface area contributed by atoms with E-state index >= 15 is 0 Å². The summed E-state index contributed by atoms with van der Waals surface area (Å²) in [6, 6.07) is 11.3. The maximum Gasteiger partial charge on any atom is 0.242 e. The van der Waals surface area contributed by atoms with Crippen molar-refractivity contribution in [3.8, 4) is 0 Å². The van der Waals surface area contributed by atoms with Gasteiger partial charge in [0.2, 0.25) is 11.8 Å². The van der Waals surface area contributed by atoms with E-state index in [0.29, 0.717) is 37.5 Å². The van der Waals surface area contributed by atoms with Crippen LogP contribution in [0, 0.1) is 5.92 Å². The van der Waals surface area contributed by atoms with Gasteiger partial charge in [0.25, 0.3) is 0 Å². The van der Waals surface area contributed by atoms with Crippen LogP contribution < -0.4 is 5.32 Å². The predicted molar refractivity (Wildman–Crippen MR) is 107 cm³/mol. The Balaban J connectivity index is 1.30. The molecule has 0 bridgehead atoms. The molecular weight excluding hydrogens is 378 g/mol. The van der Waals surface area contributed by atoms with Crippen molar-refractivity contribution in [2.45, 2.75) is 25.9 Å². The Morgan fingerprint density at radius 1 is 1.18 bits per heavy atom. The van der Waals surface area contributed by atoms with Crippen LogP contribution >= 0.6 is 11.6 Å². The van der Waals surface area contributed by atoms with Gasteiger partial charge in [-0.2, -0.15) is 0 Å². The number of rotatable bonds is 5. The van der Waals surface area contributed by atoms with Gasteiger partial charge in [-0.15, -0.1) is 0 Å². The molecule has 1 aromatic carbocycles. The number of likely N-dealkylation sites (tertiary alicyclic amines) is 1. The van der Waals surface area contributed by atoms with Crippen molar-refractivity contribution >= 4 is 34.3 Å². The Labute approximate surface area is 168 Å². The SMILES string of the molecule is O=C(NCc1ccco1)C1CCN(C(=O)Cn2ccc3ccc(Cl)cc32)CC1. The molecule has 7 heteroatoms. The fourth-order valence-corrected chi connectivity index (χ4v) is 3.83. The number of amides is 2. The number of carbonyl (C=O) groups is 2. The lowest BCUT2D eigenvalue weighted by atomic mass is 9.96. The highest BCUT2D eigenvalue weighted by Crippen LogP contribution is 2.22. The third-order valence-electron chi connectivity index (χ3n) is 5.28. The summed E-state index contributed by atoms with van der Waals surface area (Å²) in [5, 5.41) is 4.62. The molecule has 0 spiro atoms. The molecule has 0 aliphatic carbocycles. The number of halogens is 1. The number of furan rings is 1. The van der Waals surface area contributed by atoms with Gasteiger partial charge in [-0.25, -0.2) is 0 Å². The van der Waals surface area contributed by atoms with Crippen LogP contribution in [0.25, 0.3) is 10.9 Å². The summed E-state index contributed by atoms with van der Waals surface area (Å²) in [6.45, 7) is 1.86. The number of aromatic nitrogens is 1. The number of hydrogen-bond acceptors (Lipinski definition) is 3. The zero-order valence-electron chi connectivity index (χ0n) is 15.4. The van der Waals surface area contributed by atoms with Crippen LogP contribution in [0.5, 0.6) is 0 Å². The van der Waals surface area contributed by atoms with Gasteiger partial charge in [-0.3, -0.25) is 9.59 Å². The number of piperidine rings is 1. The number of nitrogens with one attached hydrogen (secondary N) is 1. The van der Waals surface area contributed by atoms with Crippen molar-refractivity contribution in [3.05, 3.63) is 59.6 Å². The largest absolute Gasteiger partial charge is 0.467 e. The van der Waals surface area contributed by atoms with Crippen molar-refractivity contribution < 1.29 is 14.0 Å². The van der Waals surface area contributed by atoms with Gasteiger partial charge in [0.1, 0.15) is 12.3 Å². The first-order valence-corrected chi connectivity index (χ1v) is 9.80. The second-order valence-electron chi connectivity index (χ2n) is 7.10. The van der Waals surface area contributed by atoms with E-state index in [9.17, 15) is 9.59 Å². The van der Waals surface area contributed by atoms with E-state index in [2.05, 4.69) is 5.32 Å². The summed E-state index contributed by atoms with van der Waals surface area (Å²) in [6.07, 6.45) is 4.85. The average molecular weight is 400 g/mol. The first-order chi connectivity index (χ1) is 13.6. The maximum absolute atomic E-state index is 12.7. The van der Waals surface area contributed by atoms with Crippen LogP contribution in [-0.4, -0.2) is 34.4 Å². The second kappa shape index (κ2) is 8.10. The number of carbonyl (C=O) groups excluding carboxylic acids is 2. The van der Waals surface area contributed by atoms with Crippen molar-refractivity contribution in [2.75, 3.05) is 13.1 Å². The van der Waals surface area contributed by atoms with Crippen LogP contribution in [-0.2, 0) is 22.7 Å². The quantitative estimate of drug-likeness (QED) is 0.714. The molecule has 2 aromatic heterocycles. The van der Waals surface area contributed by atoms with E-state index in [-0.39, 0.29) is 24.3 Å². The Bertz CT molecular complexity index is 972. The van der Waals surface area contributed by atoms with Crippen molar-refractivity contribution in [1.82, 2.24) is 14.8 Å². The summed E-state index contributed by atoms with van der Waals surface area (Å²) in [7, 11) is 0. The highest BCUT2D eigenvalue weighted by Gasteiger charge is 2.27. The molecule has 0 atom stereocenters. The standard InChI is InChI=1S/C21H22ClN3O3/c22-17-4-3-15-5-10-25(19(15)12-17)14-20(26)24-8-6-16(7-9-24)21(27)23-13-18-2-1-11-28-18/h1-5,10-12,16H,6-9,13-14H2,(H,23,27). The van der Waals surface area contributed by atoms with Crippen LogP contribution in [0.15, 0.2) is 53.3 Å². The summed E-state index contributed by atoms with van der Waals surface area (Å²) >= 11 is 6.08. The third kappa shape index (κ3) is 4.07. The number of hydrogen-bond donors (Lipinski definition) is 1. The monoisotopic (exact) mass is 399 g/mol. The molecule has 1 fully saturated rings. The zero-order valence-corrected chi connectivity index (χ0v) is 16.2. The van der Waals surface area contributed by atoms with E-state index < -0.39 is 0 Å². The lowest BCUT2D eigenvalue weighted by Crippen LogP contribution is -2.43. The molecule has 4 rings (SSSR count). The van der Waals surface area contributed by atoms with E-state index in [1.165, 1.54) is 0 Å². The molecule has 3 heterocycles. The molecule has 3 aromatic rings. The summed E-state index contributed by atoms with van der Waals surface area (Å²) < 4.78 is 7.15. The normalized spacial score (nSPS) is 15.1. The molecule has 1 aliphatic heterocycles. The van der Waals surface area contributed by atoms with Crippen LogP contribution in [0.4, 0.5) is 0 Å². The van der Waals surface area contributed by atoms with Crippen molar-refractivity contribution in [3.63, 3.8) is 0 Å². The Morgan fingerprint density at radius 3 is 2.75 bits per heavy atom. The molecule has 0 radical (unpaired) electrons. The minimum atomic E-state index is -0.0646. The maximum atomic E-state index is 12.7. The molecular formula is C21H22ClN3O3. The Kier molecular flexibility index (Phi) is 5.39. The van der Waals surface area contributed by atoms with Crippen molar-refractivity contribution in [1.29, 1.82) is 0 Å². The van der Waals surface area contributed by atoms with Gasteiger partial charge < -0.3 is 19.2 Å². The third-order valence-corrected chi connectivity index (χ3v) is 5.51. The highest BCUT2D eigenvalue weighted by atomic mass is 35.5. The smallest absolute Gasteiger partial charge is 0.242 e. The molecule has 0 saturated carbocycles. The molecule has 2 amide bonds. The molecule has 1 N–H and O–H groups in total. The lowest BCUT2D eigenvalue weighted by Gasteiger charge is -2.31. The Hall–Kier alpha value is -2.73. The van der Waals surface area contributed by atoms with Gasteiger partial charge in [0.05, 0.1) is 12.8 Å². The highest BCUT2D eigenvalue weighted by molar-refractivity contribution is 6.31. The van der Waals surface area contributed by atoms with Crippen molar-refractivity contribution in [2.24, 2.45) is 5.92 Å². The van der Waals surface area contributed by atoms with E-state index in [1.807, 2.05) is 46.0 Å². The van der Waals surface area contributed by atoms with Crippen LogP contribution in [0.2, 0.25) is 5.02 Å². The van der Waals surface area contributed by atoms with Gasteiger partial charge in [-0.1, -0.05) is 17.7 Å². The fraction of sp³-hybridized carbons (Fsp3) is 0.333. The minimum Gasteiger partial charge on any atom is -0.467 e. The molecule has 146 valence electrons. The topological polar surface area (TPSA) is 67.5 Å².